The number of hydrogen-bond acceptors (Lipinski definition) is 5. The zero-order valence-electron chi connectivity index (χ0n) is 17.2. The summed E-state index contributed by atoms with van der Waals surface area (Å²) in [4.78, 5) is 50.2. The van der Waals surface area contributed by atoms with Crippen molar-refractivity contribution < 1.29 is 19.2 Å². The number of nitrogens with one attached hydrogen (secondary N) is 1. The molecular formula is C23H20N4O4S. The monoisotopic (exact) mass is 448 g/mol. The van der Waals surface area contributed by atoms with Crippen LogP contribution in [0.15, 0.2) is 59.6 Å². The van der Waals surface area contributed by atoms with E-state index < -0.39 is 23.0 Å². The zero-order valence-corrected chi connectivity index (χ0v) is 18.0. The molecule has 0 aliphatic carbocycles. The second-order valence-electron chi connectivity index (χ2n) is 7.33. The van der Waals surface area contributed by atoms with Gasteiger partial charge in [0.05, 0.1) is 4.91 Å². The molecule has 0 radical (unpaired) electrons. The Labute approximate surface area is 188 Å². The number of anilines is 1. The summed E-state index contributed by atoms with van der Waals surface area (Å²) in [5.74, 6) is -1.48. The molecule has 1 fully saturated rings. The molecule has 2 aromatic carbocycles. The molecule has 3 N–H and O–H groups in total. The van der Waals surface area contributed by atoms with Crippen molar-refractivity contribution in [1.29, 1.82) is 0 Å². The number of aromatic nitrogens is 1. The van der Waals surface area contributed by atoms with E-state index in [1.807, 2.05) is 43.3 Å². The number of fused-ring (bicyclic) bond motifs is 1. The van der Waals surface area contributed by atoms with Crippen LogP contribution < -0.4 is 11.1 Å². The first-order chi connectivity index (χ1) is 15.3. The molecule has 9 heteroatoms. The van der Waals surface area contributed by atoms with E-state index in [1.54, 1.807) is 29.0 Å². The largest absolute Gasteiger partial charge is 0.368 e. The maximum absolute atomic E-state index is 12.9. The van der Waals surface area contributed by atoms with Crippen molar-refractivity contribution in [3.8, 4) is 0 Å². The van der Waals surface area contributed by atoms with Gasteiger partial charge in [-0.1, -0.05) is 36.4 Å². The number of carbonyl (C=O) groups is 4. The van der Waals surface area contributed by atoms with E-state index in [4.69, 9.17) is 5.73 Å². The Kier molecular flexibility index (Phi) is 5.83. The van der Waals surface area contributed by atoms with E-state index >= 15 is 0 Å². The Morgan fingerprint density at radius 3 is 2.53 bits per heavy atom. The van der Waals surface area contributed by atoms with Gasteiger partial charge in [-0.25, -0.2) is 0 Å². The van der Waals surface area contributed by atoms with Crippen LogP contribution in [0.1, 0.15) is 11.1 Å². The van der Waals surface area contributed by atoms with Crippen LogP contribution in [0.2, 0.25) is 0 Å². The molecule has 8 nitrogen and oxygen atoms in total. The van der Waals surface area contributed by atoms with Crippen molar-refractivity contribution in [3.63, 3.8) is 0 Å². The fourth-order valence-corrected chi connectivity index (χ4v) is 4.34. The highest BCUT2D eigenvalue weighted by atomic mass is 32.2. The lowest BCUT2D eigenvalue weighted by atomic mass is 10.1. The van der Waals surface area contributed by atoms with Crippen molar-refractivity contribution in [3.05, 3.63) is 70.8 Å². The summed E-state index contributed by atoms with van der Waals surface area (Å²) in [5.41, 5.74) is 8.30. The second kappa shape index (κ2) is 8.72. The Morgan fingerprint density at radius 1 is 1.06 bits per heavy atom. The maximum Gasteiger partial charge on any atom is 0.294 e. The van der Waals surface area contributed by atoms with Crippen molar-refractivity contribution in [2.45, 2.75) is 13.5 Å². The van der Waals surface area contributed by atoms with Gasteiger partial charge in [-0.2, -0.15) is 0 Å². The maximum atomic E-state index is 12.9. The molecule has 4 amide bonds. The molecule has 0 saturated carbocycles. The summed E-state index contributed by atoms with van der Waals surface area (Å²) in [6.07, 6.45) is 3.32. The SMILES string of the molecule is Cc1ccccc1NC(=O)CN1C(=O)S/C(=C/c2cn(CC(N)=O)c3ccccc23)C1=O. The smallest absolute Gasteiger partial charge is 0.294 e. The first-order valence-electron chi connectivity index (χ1n) is 9.80. The lowest BCUT2D eigenvalue weighted by Gasteiger charge is -2.13. The van der Waals surface area contributed by atoms with Crippen LogP contribution in [0.25, 0.3) is 17.0 Å². The average Bonchev–Trinajstić information content (AvgIpc) is 3.22. The third-order valence-corrected chi connectivity index (χ3v) is 5.93. The van der Waals surface area contributed by atoms with Crippen LogP contribution in [-0.2, 0) is 20.9 Å². The second-order valence-corrected chi connectivity index (χ2v) is 8.32. The molecule has 4 rings (SSSR count). The van der Waals surface area contributed by atoms with Crippen LogP contribution in [0, 0.1) is 6.92 Å². The molecule has 0 atom stereocenters. The summed E-state index contributed by atoms with van der Waals surface area (Å²) in [7, 11) is 0. The van der Waals surface area contributed by atoms with E-state index in [0.29, 0.717) is 11.3 Å². The van der Waals surface area contributed by atoms with E-state index in [9.17, 15) is 19.2 Å². The summed E-state index contributed by atoms with van der Waals surface area (Å²) >= 11 is 0.777. The number of rotatable bonds is 6. The van der Waals surface area contributed by atoms with E-state index in [2.05, 4.69) is 5.32 Å². The van der Waals surface area contributed by atoms with Crippen molar-refractivity contribution in [2.75, 3.05) is 11.9 Å². The molecule has 2 heterocycles. The van der Waals surface area contributed by atoms with E-state index in [-0.39, 0.29) is 18.0 Å². The predicted octanol–water partition coefficient (Wildman–Crippen LogP) is 3.11. The molecule has 162 valence electrons. The number of imide groups is 1. The highest BCUT2D eigenvalue weighted by Gasteiger charge is 2.36. The number of amides is 4. The summed E-state index contributed by atoms with van der Waals surface area (Å²) in [6, 6.07) is 14.6. The van der Waals surface area contributed by atoms with Crippen LogP contribution in [0.5, 0.6) is 0 Å². The number of thioether (sulfide) groups is 1. The van der Waals surface area contributed by atoms with Crippen molar-refractivity contribution in [2.24, 2.45) is 5.73 Å². The summed E-state index contributed by atoms with van der Waals surface area (Å²) in [6.45, 7) is 1.47. The number of nitrogens with zero attached hydrogens (tertiary/aromatic N) is 2. The van der Waals surface area contributed by atoms with Gasteiger partial charge < -0.3 is 15.6 Å². The fourth-order valence-electron chi connectivity index (χ4n) is 3.51. The Morgan fingerprint density at radius 2 is 1.78 bits per heavy atom. The van der Waals surface area contributed by atoms with Gasteiger partial charge in [-0.05, 0) is 42.5 Å². The minimum Gasteiger partial charge on any atom is -0.368 e. The summed E-state index contributed by atoms with van der Waals surface area (Å²) < 4.78 is 1.70. The number of primary amides is 1. The lowest BCUT2D eigenvalue weighted by Crippen LogP contribution is -2.36. The first-order valence-corrected chi connectivity index (χ1v) is 10.6. The first kappa shape index (κ1) is 21.4. The van der Waals surface area contributed by atoms with Crippen molar-refractivity contribution >= 4 is 57.4 Å². The normalized spacial score (nSPS) is 15.0. The number of carbonyl (C=O) groups excluding carboxylic acids is 4. The lowest BCUT2D eigenvalue weighted by molar-refractivity contribution is -0.127. The molecule has 1 aliphatic heterocycles. The third kappa shape index (κ3) is 4.28. The third-order valence-electron chi connectivity index (χ3n) is 5.03. The Balaban J connectivity index is 1.56. The minimum atomic E-state index is -0.535. The van der Waals surface area contributed by atoms with Crippen LogP contribution >= 0.6 is 11.8 Å². The van der Waals surface area contributed by atoms with Gasteiger partial charge in [0.1, 0.15) is 13.1 Å². The van der Waals surface area contributed by atoms with Crippen molar-refractivity contribution in [1.82, 2.24) is 9.47 Å². The highest BCUT2D eigenvalue weighted by molar-refractivity contribution is 8.18. The van der Waals surface area contributed by atoms with E-state index in [1.165, 1.54) is 0 Å². The molecule has 32 heavy (non-hydrogen) atoms. The number of nitrogens with two attached hydrogens (primary N) is 1. The number of hydrogen-bond donors (Lipinski definition) is 2. The molecule has 3 aromatic rings. The Hall–Kier alpha value is -3.85. The standard InChI is InChI=1S/C23H20N4O4S/c1-14-6-2-4-8-17(14)25-21(29)13-27-22(30)19(32-23(27)31)10-15-11-26(12-20(24)28)18-9-5-3-7-16(15)18/h2-11H,12-13H2,1H3,(H2,24,28)(H,25,29)/b19-10+. The molecule has 0 unspecified atom stereocenters. The number of para-hydroxylation sites is 2. The molecular weight excluding hydrogens is 428 g/mol. The van der Waals surface area contributed by atoms with Gasteiger partial charge in [0.15, 0.2) is 0 Å². The molecule has 1 aromatic heterocycles. The average molecular weight is 449 g/mol. The van der Waals surface area contributed by atoms with Crippen LogP contribution in [0.4, 0.5) is 10.5 Å². The summed E-state index contributed by atoms with van der Waals surface area (Å²) in [5, 5.41) is 3.03. The van der Waals surface area contributed by atoms with Gasteiger partial charge in [-0.15, -0.1) is 0 Å². The van der Waals surface area contributed by atoms with Gasteiger partial charge in [0.2, 0.25) is 11.8 Å². The fraction of sp³-hybridized carbons (Fsp3) is 0.130. The quantitative estimate of drug-likeness (QED) is 0.563. The molecule has 0 spiro atoms. The van der Waals surface area contributed by atoms with Gasteiger partial charge in [-0.3, -0.25) is 24.1 Å². The van der Waals surface area contributed by atoms with Gasteiger partial charge in [0.25, 0.3) is 11.1 Å². The minimum absolute atomic E-state index is 0.00505. The Bertz CT molecular complexity index is 1290. The van der Waals surface area contributed by atoms with Gasteiger partial charge in [0, 0.05) is 28.4 Å². The van der Waals surface area contributed by atoms with E-state index in [0.717, 1.165) is 33.1 Å². The zero-order chi connectivity index (χ0) is 22.8. The molecule has 0 bridgehead atoms. The molecule has 1 aliphatic rings. The molecule has 1 saturated heterocycles. The van der Waals surface area contributed by atoms with Gasteiger partial charge >= 0.3 is 0 Å². The van der Waals surface area contributed by atoms with Crippen LogP contribution in [0.3, 0.4) is 0 Å². The topological polar surface area (TPSA) is 114 Å². The van der Waals surface area contributed by atoms with Crippen LogP contribution in [-0.4, -0.2) is 39.0 Å². The number of benzene rings is 2. The highest BCUT2D eigenvalue weighted by Crippen LogP contribution is 2.34. The number of aryl methyl sites for hydroxylation is 1. The predicted molar refractivity (Wildman–Crippen MR) is 124 cm³/mol.